The Labute approximate surface area is 74.4 Å². The summed E-state index contributed by atoms with van der Waals surface area (Å²) >= 11 is 0. The van der Waals surface area contributed by atoms with Crippen molar-refractivity contribution in [1.82, 2.24) is 0 Å². The van der Waals surface area contributed by atoms with Gasteiger partial charge in [0.05, 0.1) is 0 Å². The summed E-state index contributed by atoms with van der Waals surface area (Å²) in [5.41, 5.74) is 2.29. The highest BCUT2D eigenvalue weighted by Gasteiger charge is 1.96. The lowest BCUT2D eigenvalue weighted by atomic mass is 10.2. The minimum atomic E-state index is 1.11. The van der Waals surface area contributed by atoms with Crippen molar-refractivity contribution in [1.29, 1.82) is 0 Å². The van der Waals surface area contributed by atoms with Gasteiger partial charge < -0.3 is 9.80 Å². The van der Waals surface area contributed by atoms with Crippen molar-refractivity contribution in [2.24, 2.45) is 0 Å². The second-order valence-electron chi connectivity index (χ2n) is 3.22. The Morgan fingerprint density at radius 2 is 1.67 bits per heavy atom. The molecule has 2 heteroatoms. The van der Waals surface area contributed by atoms with E-state index >= 15 is 0 Å². The minimum Gasteiger partial charge on any atom is -0.378 e. The van der Waals surface area contributed by atoms with Crippen LogP contribution >= 0.6 is 0 Å². The molecule has 0 spiro atoms. The van der Waals surface area contributed by atoms with Crippen molar-refractivity contribution in [3.05, 3.63) is 24.3 Å². The van der Waals surface area contributed by atoms with Gasteiger partial charge in [0, 0.05) is 45.6 Å². The number of hydrogen-bond donors (Lipinski definition) is 0. The first-order valence-electron chi connectivity index (χ1n) is 3.97. The molecule has 0 aliphatic heterocycles. The van der Waals surface area contributed by atoms with Crippen LogP contribution in [0.4, 0.5) is 11.4 Å². The topological polar surface area (TPSA) is 6.48 Å². The van der Waals surface area contributed by atoms with Gasteiger partial charge in [0.15, 0.2) is 0 Å². The third-order valence-electron chi connectivity index (χ3n) is 1.78. The molecule has 0 aliphatic carbocycles. The quantitative estimate of drug-likeness (QED) is 0.653. The lowest BCUT2D eigenvalue weighted by molar-refractivity contribution is 1.11. The Bertz CT molecular complexity index is 210. The lowest BCUT2D eigenvalue weighted by Crippen LogP contribution is -2.11. The van der Waals surface area contributed by atoms with Crippen LogP contribution in [0, 0.1) is 6.07 Å². The molecule has 2 nitrogen and oxygen atoms in total. The Morgan fingerprint density at radius 1 is 1.00 bits per heavy atom. The van der Waals surface area contributed by atoms with Crippen LogP contribution in [0.25, 0.3) is 0 Å². The third-order valence-corrected chi connectivity index (χ3v) is 1.78. The normalized spacial score (nSPS) is 9.67. The molecule has 1 aromatic rings. The Hall–Kier alpha value is -1.18. The van der Waals surface area contributed by atoms with Gasteiger partial charge >= 0.3 is 0 Å². The maximum absolute atomic E-state index is 3.20. The molecule has 0 unspecified atom stereocenters. The fourth-order valence-electron chi connectivity index (χ4n) is 0.965. The second-order valence-corrected chi connectivity index (χ2v) is 3.22. The molecule has 0 amide bonds. The summed E-state index contributed by atoms with van der Waals surface area (Å²) in [6.07, 6.45) is 0. The first kappa shape index (κ1) is 8.91. The van der Waals surface area contributed by atoms with Crippen LogP contribution in [0.5, 0.6) is 0 Å². The highest BCUT2D eigenvalue weighted by molar-refractivity contribution is 5.54. The predicted molar refractivity (Wildman–Crippen MR) is 53.9 cm³/mol. The fourth-order valence-corrected chi connectivity index (χ4v) is 0.965. The van der Waals surface area contributed by atoms with Crippen molar-refractivity contribution >= 4 is 11.4 Å². The summed E-state index contributed by atoms with van der Waals surface area (Å²) in [5.74, 6) is 0. The number of hydrogen-bond acceptors (Lipinski definition) is 2. The van der Waals surface area contributed by atoms with Crippen molar-refractivity contribution in [3.63, 3.8) is 0 Å². The van der Waals surface area contributed by atoms with Crippen molar-refractivity contribution < 1.29 is 0 Å². The van der Waals surface area contributed by atoms with E-state index < -0.39 is 0 Å². The van der Waals surface area contributed by atoms with Gasteiger partial charge in [0.1, 0.15) is 0 Å². The highest BCUT2D eigenvalue weighted by atomic mass is 15.1. The average Bonchev–Trinajstić information content (AvgIpc) is 2.04. The van der Waals surface area contributed by atoms with E-state index in [1.807, 2.05) is 39.2 Å². The van der Waals surface area contributed by atoms with Gasteiger partial charge in [0.25, 0.3) is 0 Å². The van der Waals surface area contributed by atoms with Crippen LogP contribution in [0.2, 0.25) is 0 Å². The lowest BCUT2D eigenvalue weighted by Gasteiger charge is -2.15. The van der Waals surface area contributed by atoms with Crippen LogP contribution in [0.3, 0.4) is 0 Å². The molecule has 0 heterocycles. The highest BCUT2D eigenvalue weighted by Crippen LogP contribution is 2.16. The largest absolute Gasteiger partial charge is 0.378 e. The van der Waals surface area contributed by atoms with Crippen LogP contribution in [-0.2, 0) is 0 Å². The van der Waals surface area contributed by atoms with Gasteiger partial charge in [-0.25, -0.2) is 0 Å². The van der Waals surface area contributed by atoms with Gasteiger partial charge in [-0.05, 0) is 18.2 Å². The number of anilines is 2. The summed E-state index contributed by atoms with van der Waals surface area (Å²) in [4.78, 5) is 4.11. The summed E-state index contributed by atoms with van der Waals surface area (Å²) < 4.78 is 0. The van der Waals surface area contributed by atoms with Gasteiger partial charge in [-0.1, -0.05) is 0 Å². The van der Waals surface area contributed by atoms with E-state index in [4.69, 9.17) is 0 Å². The molecule has 0 saturated carbocycles. The second kappa shape index (κ2) is 3.48. The standard InChI is InChI=1S/C10H15N2/c1-11(2)9-5-7-10(8-6-9)12(3)4/h5-7H,1-4H3. The van der Waals surface area contributed by atoms with Crippen molar-refractivity contribution in [2.45, 2.75) is 0 Å². The minimum absolute atomic E-state index is 1.11. The molecule has 0 aliphatic rings. The zero-order valence-electron chi connectivity index (χ0n) is 8.13. The zero-order chi connectivity index (χ0) is 9.14. The Kier molecular flexibility index (Phi) is 2.58. The molecule has 12 heavy (non-hydrogen) atoms. The monoisotopic (exact) mass is 163 g/mol. The molecule has 65 valence electrons. The zero-order valence-corrected chi connectivity index (χ0v) is 8.13. The molecule has 0 N–H and O–H groups in total. The van der Waals surface area contributed by atoms with Gasteiger partial charge in [-0.2, -0.15) is 0 Å². The molecule has 0 atom stereocenters. The summed E-state index contributed by atoms with van der Waals surface area (Å²) in [6, 6.07) is 9.35. The SMILES string of the molecule is CN(C)c1[c]cc(N(C)C)cc1. The van der Waals surface area contributed by atoms with Gasteiger partial charge in [-0.3, -0.25) is 0 Å². The molecule has 0 saturated heterocycles. The molecular formula is C10H15N2. The Morgan fingerprint density at radius 3 is 2.00 bits per heavy atom. The molecule has 0 aromatic heterocycles. The number of nitrogens with zero attached hydrogens (tertiary/aromatic N) is 2. The van der Waals surface area contributed by atoms with Gasteiger partial charge in [0.2, 0.25) is 0 Å². The summed E-state index contributed by atoms with van der Waals surface area (Å²) in [7, 11) is 8.08. The van der Waals surface area contributed by atoms with Crippen LogP contribution in [-0.4, -0.2) is 28.2 Å². The van der Waals surface area contributed by atoms with E-state index in [9.17, 15) is 0 Å². The van der Waals surface area contributed by atoms with Crippen LogP contribution in [0.1, 0.15) is 0 Å². The first-order chi connectivity index (χ1) is 5.61. The molecule has 1 radical (unpaired) electrons. The van der Waals surface area contributed by atoms with E-state index in [0.717, 1.165) is 5.69 Å². The van der Waals surface area contributed by atoms with E-state index in [1.54, 1.807) is 0 Å². The maximum Gasteiger partial charge on any atom is 0.0443 e. The van der Waals surface area contributed by atoms with Crippen LogP contribution in [0.15, 0.2) is 18.2 Å². The van der Waals surface area contributed by atoms with Crippen molar-refractivity contribution in [2.75, 3.05) is 38.0 Å². The summed E-state index contributed by atoms with van der Waals surface area (Å²) in [6.45, 7) is 0. The van der Waals surface area contributed by atoms with E-state index in [0.29, 0.717) is 0 Å². The van der Waals surface area contributed by atoms with Crippen molar-refractivity contribution in [3.8, 4) is 0 Å². The van der Waals surface area contributed by atoms with Crippen LogP contribution < -0.4 is 9.80 Å². The first-order valence-corrected chi connectivity index (χ1v) is 3.97. The fraction of sp³-hybridized carbons (Fsp3) is 0.400. The molecular weight excluding hydrogens is 148 g/mol. The average molecular weight is 163 g/mol. The smallest absolute Gasteiger partial charge is 0.0443 e. The Balaban J connectivity index is 2.86. The predicted octanol–water partition coefficient (Wildman–Crippen LogP) is 1.62. The van der Waals surface area contributed by atoms with E-state index in [1.165, 1.54) is 5.69 Å². The third kappa shape index (κ3) is 1.91. The number of rotatable bonds is 2. The molecule has 1 aromatic carbocycles. The molecule has 0 fully saturated rings. The molecule has 0 bridgehead atoms. The molecule has 1 rings (SSSR count). The maximum atomic E-state index is 3.20. The van der Waals surface area contributed by atoms with E-state index in [2.05, 4.69) is 23.1 Å². The van der Waals surface area contributed by atoms with E-state index in [-0.39, 0.29) is 0 Å². The van der Waals surface area contributed by atoms with Gasteiger partial charge in [-0.15, -0.1) is 0 Å². The summed E-state index contributed by atoms with van der Waals surface area (Å²) in [5, 5.41) is 0. The number of benzene rings is 1.